The molecule has 0 saturated heterocycles. The van der Waals surface area contributed by atoms with Gasteiger partial charge < -0.3 is 19.7 Å². The Morgan fingerprint density at radius 3 is 2.39 bits per heavy atom. The number of hydrogen-bond donors (Lipinski definition) is 2. The number of hydrogen-bond acceptors (Lipinski definition) is 6. The van der Waals surface area contributed by atoms with E-state index < -0.39 is 33.8 Å². The molecule has 0 spiro atoms. The smallest absolute Gasteiger partial charge is 0.329 e. The highest BCUT2D eigenvalue weighted by Crippen LogP contribution is 2.35. The van der Waals surface area contributed by atoms with Crippen molar-refractivity contribution in [3.8, 4) is 11.5 Å². The number of ether oxygens (including phenoxy) is 2. The van der Waals surface area contributed by atoms with Gasteiger partial charge in [0.2, 0.25) is 22.7 Å². The number of carbonyl (C=O) groups excluding carboxylic acids is 2. The Labute approximate surface area is 214 Å². The van der Waals surface area contributed by atoms with Crippen molar-refractivity contribution in [2.75, 3.05) is 18.7 Å². The van der Waals surface area contributed by atoms with Gasteiger partial charge in [0, 0.05) is 30.2 Å². The Kier molecular flexibility index (Phi) is 7.66. The molecule has 9 nitrogen and oxygen atoms in total. The minimum Gasteiger partial charge on any atom is -0.454 e. The van der Waals surface area contributed by atoms with Crippen molar-refractivity contribution in [3.63, 3.8) is 0 Å². The molecule has 11 heteroatoms. The van der Waals surface area contributed by atoms with Crippen LogP contribution in [0, 0.1) is 0 Å². The monoisotopic (exact) mass is 529 g/mol. The van der Waals surface area contributed by atoms with Crippen LogP contribution in [0.2, 0.25) is 5.02 Å². The van der Waals surface area contributed by atoms with Crippen LogP contribution in [0.3, 0.4) is 0 Å². The number of halogens is 1. The molecule has 1 unspecified atom stereocenters. The summed E-state index contributed by atoms with van der Waals surface area (Å²) in [5.74, 6) is 0.212. The van der Waals surface area contributed by atoms with E-state index in [1.807, 2.05) is 35.1 Å². The maximum absolute atomic E-state index is 13.4. The average Bonchev–Trinajstić information content (AvgIpc) is 3.32. The summed E-state index contributed by atoms with van der Waals surface area (Å²) in [6.45, 7) is 0.0965. The molecule has 188 valence electrons. The second kappa shape index (κ2) is 10.9. The summed E-state index contributed by atoms with van der Waals surface area (Å²) >= 11 is 5.84. The van der Waals surface area contributed by atoms with Crippen LogP contribution in [0.4, 0.5) is 10.5 Å². The molecule has 0 aliphatic carbocycles. The van der Waals surface area contributed by atoms with Crippen molar-refractivity contribution in [3.05, 3.63) is 88.9 Å². The van der Waals surface area contributed by atoms with Crippen LogP contribution in [0.5, 0.6) is 11.5 Å². The fourth-order valence-electron chi connectivity index (χ4n) is 3.67. The molecule has 0 aromatic heterocycles. The summed E-state index contributed by atoms with van der Waals surface area (Å²) in [6, 6.07) is 18.3. The van der Waals surface area contributed by atoms with Crippen LogP contribution in [0.25, 0.3) is 0 Å². The number of nitrogens with zero attached hydrogens (tertiary/aromatic N) is 1. The zero-order valence-electron chi connectivity index (χ0n) is 19.3. The summed E-state index contributed by atoms with van der Waals surface area (Å²) in [5.41, 5.74) is 1.78. The lowest BCUT2D eigenvalue weighted by Gasteiger charge is -2.25. The predicted octanol–water partition coefficient (Wildman–Crippen LogP) is 3.47. The van der Waals surface area contributed by atoms with E-state index in [-0.39, 0.29) is 13.2 Å². The van der Waals surface area contributed by atoms with Crippen LogP contribution in [-0.4, -0.2) is 40.2 Å². The van der Waals surface area contributed by atoms with Crippen molar-refractivity contribution < 1.29 is 27.5 Å². The van der Waals surface area contributed by atoms with Crippen LogP contribution in [0.15, 0.2) is 72.8 Å². The number of amides is 3. The first-order valence-corrected chi connectivity index (χ1v) is 13.0. The van der Waals surface area contributed by atoms with Crippen LogP contribution in [-0.2, 0) is 27.0 Å². The maximum atomic E-state index is 13.4. The molecule has 4 rings (SSSR count). The minimum absolute atomic E-state index is 0.0965. The fraction of sp³-hybridized carbons (Fsp3) is 0.200. The summed E-state index contributed by atoms with van der Waals surface area (Å²) in [5, 5.41) is 2.99. The number of rotatable bonds is 8. The number of benzene rings is 3. The Bertz CT molecular complexity index is 1350. The lowest BCUT2D eigenvalue weighted by molar-refractivity contribution is -0.120. The van der Waals surface area contributed by atoms with E-state index in [4.69, 9.17) is 21.1 Å². The van der Waals surface area contributed by atoms with E-state index in [0.29, 0.717) is 27.8 Å². The Balaban J connectivity index is 1.49. The topological polar surface area (TPSA) is 114 Å². The Morgan fingerprint density at radius 2 is 1.67 bits per heavy atom. The lowest BCUT2D eigenvalue weighted by atomic mass is 10.0. The number of urea groups is 1. The molecule has 0 fully saturated rings. The van der Waals surface area contributed by atoms with Crippen molar-refractivity contribution in [1.82, 2.24) is 10.0 Å². The van der Waals surface area contributed by atoms with Gasteiger partial charge in [-0.1, -0.05) is 54.1 Å². The van der Waals surface area contributed by atoms with Crippen molar-refractivity contribution in [2.45, 2.75) is 18.2 Å². The van der Waals surface area contributed by atoms with E-state index in [1.54, 1.807) is 49.5 Å². The van der Waals surface area contributed by atoms with Crippen molar-refractivity contribution in [1.29, 1.82) is 0 Å². The minimum atomic E-state index is -4.03. The van der Waals surface area contributed by atoms with Gasteiger partial charge in [0.15, 0.2) is 11.5 Å². The highest BCUT2D eigenvalue weighted by molar-refractivity contribution is 7.89. The van der Waals surface area contributed by atoms with Crippen LogP contribution < -0.4 is 24.4 Å². The second-order valence-corrected chi connectivity index (χ2v) is 10.3. The Hall–Kier alpha value is -3.76. The van der Waals surface area contributed by atoms with E-state index >= 15 is 0 Å². The van der Waals surface area contributed by atoms with Gasteiger partial charge in [-0.25, -0.2) is 17.9 Å². The van der Waals surface area contributed by atoms with Crippen LogP contribution in [0.1, 0.15) is 11.1 Å². The normalized spacial score (nSPS) is 13.1. The molecule has 1 aliphatic heterocycles. The van der Waals surface area contributed by atoms with Gasteiger partial charge in [-0.05, 0) is 35.4 Å². The third-order valence-corrected chi connectivity index (χ3v) is 6.94. The molecule has 3 amide bonds. The van der Waals surface area contributed by atoms with E-state index in [0.717, 1.165) is 5.56 Å². The largest absolute Gasteiger partial charge is 0.454 e. The number of likely N-dealkylation sites (N-methyl/N-ethyl adjacent to an activating group) is 1. The molecule has 1 aliphatic rings. The zero-order valence-corrected chi connectivity index (χ0v) is 20.9. The van der Waals surface area contributed by atoms with Gasteiger partial charge in [0.25, 0.3) is 0 Å². The van der Waals surface area contributed by atoms with Gasteiger partial charge in [-0.2, -0.15) is 0 Å². The predicted molar refractivity (Wildman–Crippen MR) is 136 cm³/mol. The average molecular weight is 530 g/mol. The third kappa shape index (κ3) is 6.46. The molecule has 3 aromatic rings. The van der Waals surface area contributed by atoms with Crippen molar-refractivity contribution >= 4 is 39.2 Å². The SMILES string of the molecule is CN(C(=O)C(Cc1ccccc1)NC(=O)NS(=O)(=O)Cc1ccc(Cl)cc1)c1ccc2c(c1)OCO2. The van der Waals surface area contributed by atoms with Gasteiger partial charge in [0.1, 0.15) is 6.04 Å². The molecule has 0 saturated carbocycles. The molecule has 1 atom stereocenters. The molecule has 3 aromatic carbocycles. The second-order valence-electron chi connectivity index (χ2n) is 8.14. The first-order valence-electron chi connectivity index (χ1n) is 11.0. The molecular weight excluding hydrogens is 506 g/mol. The molecule has 1 heterocycles. The number of anilines is 1. The first-order chi connectivity index (χ1) is 17.2. The first kappa shape index (κ1) is 25.3. The fourth-order valence-corrected chi connectivity index (χ4v) is 4.84. The number of sulfonamides is 1. The number of nitrogens with one attached hydrogen (secondary N) is 2. The molecular formula is C25H24ClN3O6S. The number of carbonyl (C=O) groups is 2. The van der Waals surface area contributed by atoms with E-state index in [1.165, 1.54) is 4.90 Å². The highest BCUT2D eigenvalue weighted by Gasteiger charge is 2.28. The molecule has 2 N–H and O–H groups in total. The zero-order chi connectivity index (χ0) is 25.7. The van der Waals surface area contributed by atoms with Gasteiger partial charge >= 0.3 is 6.03 Å². The molecule has 0 radical (unpaired) electrons. The van der Waals surface area contributed by atoms with Gasteiger partial charge in [-0.3, -0.25) is 4.79 Å². The summed E-state index contributed by atoms with van der Waals surface area (Å²) in [6.07, 6.45) is 0.152. The van der Waals surface area contributed by atoms with Gasteiger partial charge in [-0.15, -0.1) is 0 Å². The molecule has 36 heavy (non-hydrogen) atoms. The summed E-state index contributed by atoms with van der Waals surface area (Å²) < 4.78 is 37.8. The number of fused-ring (bicyclic) bond motifs is 1. The van der Waals surface area contributed by atoms with Crippen molar-refractivity contribution in [2.24, 2.45) is 0 Å². The quantitative estimate of drug-likeness (QED) is 0.462. The van der Waals surface area contributed by atoms with E-state index in [9.17, 15) is 18.0 Å². The maximum Gasteiger partial charge on any atom is 0.329 e. The molecule has 0 bridgehead atoms. The van der Waals surface area contributed by atoms with Gasteiger partial charge in [0.05, 0.1) is 5.75 Å². The third-order valence-electron chi connectivity index (χ3n) is 5.48. The van der Waals surface area contributed by atoms with E-state index in [2.05, 4.69) is 5.32 Å². The van der Waals surface area contributed by atoms with Crippen LogP contribution >= 0.6 is 11.6 Å². The summed E-state index contributed by atoms with van der Waals surface area (Å²) in [7, 11) is -2.47. The highest BCUT2D eigenvalue weighted by atomic mass is 35.5. The Morgan fingerprint density at radius 1 is 0.972 bits per heavy atom. The summed E-state index contributed by atoms with van der Waals surface area (Å²) in [4.78, 5) is 27.5. The lowest BCUT2D eigenvalue weighted by Crippen LogP contribution is -2.52. The standard InChI is InChI=1S/C25H24ClN3O6S/c1-29(20-11-12-22-23(14-20)35-16-34-22)24(30)21(13-17-5-3-2-4-6-17)27-25(31)28-36(32,33)15-18-7-9-19(26)10-8-18/h2-12,14,21H,13,15-16H2,1H3,(H2,27,28,31).